The van der Waals surface area contributed by atoms with Crippen molar-refractivity contribution in [3.63, 3.8) is 0 Å². The van der Waals surface area contributed by atoms with Gasteiger partial charge in [-0.2, -0.15) is 4.31 Å². The van der Waals surface area contributed by atoms with Gasteiger partial charge >= 0.3 is 0 Å². The molecular formula is C23H27N3O5S. The minimum Gasteiger partial charge on any atom is -0.356 e. The molecule has 4 rings (SSSR count). The quantitative estimate of drug-likeness (QED) is 0.745. The summed E-state index contributed by atoms with van der Waals surface area (Å²) in [5.41, 5.74) is -1.19. The van der Waals surface area contributed by atoms with Crippen LogP contribution in [0.1, 0.15) is 39.7 Å². The highest BCUT2D eigenvalue weighted by Gasteiger charge is 2.69. The van der Waals surface area contributed by atoms with Crippen molar-refractivity contribution in [2.45, 2.75) is 56.5 Å². The van der Waals surface area contributed by atoms with E-state index in [2.05, 4.69) is 5.32 Å². The van der Waals surface area contributed by atoms with Crippen molar-refractivity contribution in [2.24, 2.45) is 0 Å². The van der Waals surface area contributed by atoms with Crippen molar-refractivity contribution in [1.29, 1.82) is 0 Å². The van der Waals surface area contributed by atoms with Crippen LogP contribution in [0.5, 0.6) is 0 Å². The molecule has 1 fully saturated rings. The zero-order valence-electron chi connectivity index (χ0n) is 18.5. The lowest BCUT2D eigenvalue weighted by Gasteiger charge is -2.40. The first-order chi connectivity index (χ1) is 15.0. The number of hydrogen-bond donors (Lipinski definition) is 1. The topological polar surface area (TPSA) is 96.0 Å². The summed E-state index contributed by atoms with van der Waals surface area (Å²) in [5.74, 6) is -0.470. The van der Waals surface area contributed by atoms with Crippen LogP contribution in [0.3, 0.4) is 0 Å². The molecule has 2 aliphatic rings. The highest BCUT2D eigenvalue weighted by molar-refractivity contribution is 7.89. The number of fused-ring (bicyclic) bond motifs is 3. The molecule has 0 spiro atoms. The van der Waals surface area contributed by atoms with Crippen molar-refractivity contribution in [1.82, 2.24) is 9.62 Å². The number of nitrogens with one attached hydrogen (secondary N) is 1. The van der Waals surface area contributed by atoms with E-state index >= 15 is 0 Å². The molecule has 2 aromatic rings. The number of benzene rings is 2. The smallest absolute Gasteiger partial charge is 0.246 e. The van der Waals surface area contributed by atoms with E-state index in [1.165, 1.54) is 23.1 Å². The molecule has 0 saturated carbocycles. The molecule has 0 unspecified atom stereocenters. The molecule has 2 aromatic carbocycles. The van der Waals surface area contributed by atoms with Gasteiger partial charge in [0, 0.05) is 26.0 Å². The second-order valence-electron chi connectivity index (χ2n) is 8.56. The maximum atomic E-state index is 14.0. The molecule has 1 N–H and O–H groups in total. The third-order valence-corrected chi connectivity index (χ3v) is 8.14. The molecule has 170 valence electrons. The monoisotopic (exact) mass is 457 g/mol. The summed E-state index contributed by atoms with van der Waals surface area (Å²) in [5, 5.41) is 2.77. The lowest BCUT2D eigenvalue weighted by atomic mass is 9.87. The van der Waals surface area contributed by atoms with Crippen molar-refractivity contribution >= 4 is 27.5 Å². The van der Waals surface area contributed by atoms with Crippen molar-refractivity contribution < 1.29 is 22.7 Å². The highest BCUT2D eigenvalue weighted by atomic mass is 32.2. The fourth-order valence-corrected chi connectivity index (χ4v) is 7.05. The van der Waals surface area contributed by atoms with Crippen LogP contribution in [0.4, 0.5) is 5.69 Å². The Balaban J connectivity index is 1.98. The first-order valence-electron chi connectivity index (χ1n) is 10.5. The van der Waals surface area contributed by atoms with Gasteiger partial charge in [0.25, 0.3) is 0 Å². The number of ether oxygens (including phenoxy) is 1. The van der Waals surface area contributed by atoms with Gasteiger partial charge in [0.15, 0.2) is 6.23 Å². The summed E-state index contributed by atoms with van der Waals surface area (Å²) >= 11 is 0. The zero-order valence-corrected chi connectivity index (χ0v) is 19.3. The first kappa shape index (κ1) is 22.4. The number of carbonyl (C=O) groups is 2. The molecule has 8 nitrogen and oxygen atoms in total. The first-order valence-corrected chi connectivity index (χ1v) is 11.9. The van der Waals surface area contributed by atoms with Gasteiger partial charge in [0.1, 0.15) is 11.3 Å². The summed E-state index contributed by atoms with van der Waals surface area (Å²) in [6.45, 7) is 6.44. The third-order valence-electron chi connectivity index (χ3n) is 6.03. The average molecular weight is 458 g/mol. The van der Waals surface area contributed by atoms with E-state index < -0.39 is 27.5 Å². The second-order valence-corrected chi connectivity index (χ2v) is 10.3. The van der Waals surface area contributed by atoms with Gasteiger partial charge in [-0.15, -0.1) is 0 Å². The third kappa shape index (κ3) is 3.23. The lowest BCUT2D eigenvalue weighted by Crippen LogP contribution is -2.56. The van der Waals surface area contributed by atoms with Gasteiger partial charge < -0.3 is 10.1 Å². The Bertz CT molecular complexity index is 1170. The summed E-state index contributed by atoms with van der Waals surface area (Å²) in [6.07, 6.45) is -0.646. The van der Waals surface area contributed by atoms with Crippen LogP contribution in [0.15, 0.2) is 59.5 Å². The molecule has 2 aliphatic heterocycles. The standard InChI is InChI=1S/C23H27N3O5S/c1-16(27)24-15-14-23-19-12-8-9-13-20(19)25(17(2)28)21(23)31-22(3,4)26(23)32(29,30)18-10-6-5-7-11-18/h5-13,21H,14-15H2,1-4H3,(H,24,27)/t21-,23-/m0/s1. The molecule has 0 radical (unpaired) electrons. The molecular weight excluding hydrogens is 430 g/mol. The van der Waals surface area contributed by atoms with E-state index in [4.69, 9.17) is 4.74 Å². The number of carbonyl (C=O) groups excluding carboxylic acids is 2. The van der Waals surface area contributed by atoms with E-state index in [1.807, 2.05) is 12.1 Å². The molecule has 2 atom stereocenters. The van der Waals surface area contributed by atoms with Crippen LogP contribution in [0, 0.1) is 0 Å². The van der Waals surface area contributed by atoms with Crippen LogP contribution in [0.2, 0.25) is 0 Å². The van der Waals surface area contributed by atoms with Crippen LogP contribution in [-0.4, -0.2) is 43.0 Å². The fourth-order valence-electron chi connectivity index (χ4n) is 5.01. The molecule has 32 heavy (non-hydrogen) atoms. The minimum absolute atomic E-state index is 0.134. The molecule has 0 aromatic heterocycles. The number of anilines is 1. The van der Waals surface area contributed by atoms with Crippen LogP contribution in [-0.2, 0) is 29.9 Å². The molecule has 0 aliphatic carbocycles. The Kier molecular flexibility index (Phi) is 5.39. The summed E-state index contributed by atoms with van der Waals surface area (Å²) in [4.78, 5) is 26.0. The van der Waals surface area contributed by atoms with Gasteiger partial charge in [-0.1, -0.05) is 36.4 Å². The van der Waals surface area contributed by atoms with Crippen LogP contribution >= 0.6 is 0 Å². The minimum atomic E-state index is -4.04. The largest absolute Gasteiger partial charge is 0.356 e. The van der Waals surface area contributed by atoms with Crippen molar-refractivity contribution in [3.05, 3.63) is 60.2 Å². The Morgan fingerprint density at radius 2 is 1.66 bits per heavy atom. The number of nitrogens with zero attached hydrogens (tertiary/aromatic N) is 2. The molecule has 1 saturated heterocycles. The Labute approximate surface area is 188 Å². The van der Waals surface area contributed by atoms with Gasteiger partial charge in [-0.25, -0.2) is 8.42 Å². The summed E-state index contributed by atoms with van der Waals surface area (Å²) in [7, 11) is -4.04. The van der Waals surface area contributed by atoms with E-state index in [0.717, 1.165) is 0 Å². The Hall–Kier alpha value is -2.75. The number of hydrogen-bond acceptors (Lipinski definition) is 5. The highest BCUT2D eigenvalue weighted by Crippen LogP contribution is 2.59. The summed E-state index contributed by atoms with van der Waals surface area (Å²) in [6, 6.07) is 15.4. The fraction of sp³-hybridized carbons (Fsp3) is 0.391. The second kappa shape index (κ2) is 7.68. The molecule has 0 bridgehead atoms. The predicted octanol–water partition coefficient (Wildman–Crippen LogP) is 2.56. The molecule has 2 amide bonds. The Morgan fingerprint density at radius 1 is 1.03 bits per heavy atom. The number of amides is 2. The number of para-hydroxylation sites is 1. The maximum absolute atomic E-state index is 14.0. The molecule has 2 heterocycles. The lowest BCUT2D eigenvalue weighted by molar-refractivity contribution is -0.121. The van der Waals surface area contributed by atoms with Crippen molar-refractivity contribution in [2.75, 3.05) is 11.4 Å². The maximum Gasteiger partial charge on any atom is 0.246 e. The number of sulfonamides is 1. The molecule has 9 heteroatoms. The van der Waals surface area contributed by atoms with Crippen LogP contribution in [0.25, 0.3) is 0 Å². The van der Waals surface area contributed by atoms with Gasteiger partial charge in [-0.3, -0.25) is 14.5 Å². The van der Waals surface area contributed by atoms with Crippen molar-refractivity contribution in [3.8, 4) is 0 Å². The summed E-state index contributed by atoms with van der Waals surface area (Å²) < 4.78 is 35.8. The van der Waals surface area contributed by atoms with E-state index in [1.54, 1.807) is 56.3 Å². The van der Waals surface area contributed by atoms with Gasteiger partial charge in [0.2, 0.25) is 21.8 Å². The van der Waals surface area contributed by atoms with E-state index in [0.29, 0.717) is 11.3 Å². The number of rotatable bonds is 5. The zero-order chi connectivity index (χ0) is 23.3. The van der Waals surface area contributed by atoms with Crippen LogP contribution < -0.4 is 10.2 Å². The average Bonchev–Trinajstić information content (AvgIpc) is 3.11. The van der Waals surface area contributed by atoms with Gasteiger partial charge in [0.05, 0.1) is 10.6 Å². The van der Waals surface area contributed by atoms with E-state index in [9.17, 15) is 18.0 Å². The van der Waals surface area contributed by atoms with E-state index in [-0.39, 0.29) is 29.7 Å². The van der Waals surface area contributed by atoms with Gasteiger partial charge in [-0.05, 0) is 38.5 Å². The normalized spacial score (nSPS) is 24.1. The Morgan fingerprint density at radius 3 is 2.28 bits per heavy atom. The predicted molar refractivity (Wildman–Crippen MR) is 119 cm³/mol. The SMILES string of the molecule is CC(=O)NCC[C@]12c3ccccc3N(C(C)=O)[C@H]1OC(C)(C)N2S(=O)(=O)c1ccccc1.